The first-order chi connectivity index (χ1) is 13.7. The number of hydrogen-bond acceptors (Lipinski definition) is 6. The topological polar surface area (TPSA) is 80.3 Å². The molecule has 0 saturated carbocycles. The first-order valence-electron chi connectivity index (χ1n) is 8.50. The Morgan fingerprint density at radius 1 is 1.21 bits per heavy atom. The van der Waals surface area contributed by atoms with Crippen molar-refractivity contribution in [2.75, 3.05) is 37.8 Å². The lowest BCUT2D eigenvalue weighted by molar-refractivity contribution is -0.146. The summed E-state index contributed by atoms with van der Waals surface area (Å²) < 4.78 is 52.2. The summed E-state index contributed by atoms with van der Waals surface area (Å²) in [5.74, 6) is 3.27. The lowest BCUT2D eigenvalue weighted by Gasteiger charge is -2.34. The van der Waals surface area contributed by atoms with Crippen LogP contribution in [0.2, 0.25) is 5.02 Å². The van der Waals surface area contributed by atoms with Crippen LogP contribution < -0.4 is 5.84 Å². The highest BCUT2D eigenvalue weighted by Gasteiger charge is 2.38. The van der Waals surface area contributed by atoms with Gasteiger partial charge in [0.15, 0.2) is 0 Å². The molecule has 2 N–H and O–H groups in total. The minimum Gasteiger partial charge on any atom is -0.339 e. The number of nitrogen functional groups attached to an aromatic ring is 1. The normalized spacial score (nSPS) is 15.7. The highest BCUT2D eigenvalue weighted by molar-refractivity contribution is 7.99. The standard InChI is InChI=1S/C16H17ClF4N6OS/c17-11-2-1-3-12(18)10(11)8-25-4-6-26(7-5-25)13(28)9-29-15-24-23-14(27(15)22)16(19,20)21/h1-3H,4-9,22H2. The summed E-state index contributed by atoms with van der Waals surface area (Å²) in [6.45, 7) is 2.20. The summed E-state index contributed by atoms with van der Waals surface area (Å²) in [4.78, 5) is 15.9. The van der Waals surface area contributed by atoms with Gasteiger partial charge in [0, 0.05) is 43.3 Å². The second-order valence-electron chi connectivity index (χ2n) is 6.32. The second-order valence-corrected chi connectivity index (χ2v) is 7.67. The number of hydrogen-bond donors (Lipinski definition) is 1. The van der Waals surface area contributed by atoms with Gasteiger partial charge < -0.3 is 10.7 Å². The molecular formula is C16H17ClF4N6OS. The van der Waals surface area contributed by atoms with Crippen LogP contribution in [0.5, 0.6) is 0 Å². The van der Waals surface area contributed by atoms with Gasteiger partial charge in [-0.3, -0.25) is 9.69 Å². The molecule has 0 bridgehead atoms. The van der Waals surface area contributed by atoms with Crippen molar-refractivity contribution in [1.82, 2.24) is 24.7 Å². The quantitative estimate of drug-likeness (QED) is 0.426. The molecular weight excluding hydrogens is 436 g/mol. The number of nitrogens with zero attached hydrogens (tertiary/aromatic N) is 5. The summed E-state index contributed by atoms with van der Waals surface area (Å²) in [5.41, 5.74) is 0.409. The number of carbonyl (C=O) groups excluding carboxylic acids is 1. The van der Waals surface area contributed by atoms with Crippen LogP contribution in [0.1, 0.15) is 11.4 Å². The van der Waals surface area contributed by atoms with E-state index < -0.39 is 12.0 Å². The summed E-state index contributed by atoms with van der Waals surface area (Å²) in [7, 11) is 0. The monoisotopic (exact) mass is 452 g/mol. The molecule has 1 aliphatic rings. The van der Waals surface area contributed by atoms with E-state index in [-0.39, 0.29) is 22.6 Å². The van der Waals surface area contributed by atoms with Crippen molar-refractivity contribution in [3.05, 3.63) is 40.4 Å². The molecule has 0 atom stereocenters. The fourth-order valence-corrected chi connectivity index (χ4v) is 3.83. The first-order valence-corrected chi connectivity index (χ1v) is 9.86. The van der Waals surface area contributed by atoms with Crippen LogP contribution in [-0.2, 0) is 17.5 Å². The number of benzene rings is 1. The Morgan fingerprint density at radius 2 is 1.90 bits per heavy atom. The average Bonchev–Trinajstić information content (AvgIpc) is 3.04. The number of carbonyl (C=O) groups is 1. The molecule has 1 aliphatic heterocycles. The van der Waals surface area contributed by atoms with Crippen molar-refractivity contribution in [2.24, 2.45) is 0 Å². The highest BCUT2D eigenvalue weighted by atomic mass is 35.5. The van der Waals surface area contributed by atoms with Crippen LogP contribution in [0, 0.1) is 5.82 Å². The molecule has 7 nitrogen and oxygen atoms in total. The minimum atomic E-state index is -4.72. The van der Waals surface area contributed by atoms with Gasteiger partial charge in [-0.25, -0.2) is 9.07 Å². The smallest absolute Gasteiger partial charge is 0.339 e. The number of piperazine rings is 1. The minimum absolute atomic E-state index is 0.119. The molecule has 0 unspecified atom stereocenters. The molecule has 0 aliphatic carbocycles. The van der Waals surface area contributed by atoms with Crippen molar-refractivity contribution < 1.29 is 22.4 Å². The number of rotatable bonds is 5. The van der Waals surface area contributed by atoms with Crippen LogP contribution in [-0.4, -0.2) is 62.5 Å². The fourth-order valence-electron chi connectivity index (χ4n) is 2.85. The largest absolute Gasteiger partial charge is 0.453 e. The second kappa shape index (κ2) is 8.76. The van der Waals surface area contributed by atoms with Crippen molar-refractivity contribution in [3.63, 3.8) is 0 Å². The maximum atomic E-state index is 13.9. The molecule has 13 heteroatoms. The Kier molecular flexibility index (Phi) is 6.54. The van der Waals surface area contributed by atoms with E-state index in [0.717, 1.165) is 11.8 Å². The van der Waals surface area contributed by atoms with E-state index in [1.807, 2.05) is 4.90 Å². The summed E-state index contributed by atoms with van der Waals surface area (Å²) in [5, 5.41) is 6.54. The van der Waals surface area contributed by atoms with E-state index in [4.69, 9.17) is 17.4 Å². The predicted octanol–water partition coefficient (Wildman–Crippen LogP) is 2.24. The first kappa shape index (κ1) is 21.7. The van der Waals surface area contributed by atoms with Gasteiger partial charge in [0.25, 0.3) is 5.82 Å². The number of nitrogens with two attached hydrogens (primary N) is 1. The maximum absolute atomic E-state index is 13.9. The van der Waals surface area contributed by atoms with Gasteiger partial charge in [-0.05, 0) is 12.1 Å². The number of halogens is 5. The number of amides is 1. The zero-order chi connectivity index (χ0) is 21.2. The molecule has 1 aromatic carbocycles. The Bertz CT molecular complexity index is 865. The Hall–Kier alpha value is -2.05. The summed E-state index contributed by atoms with van der Waals surface area (Å²) in [6.07, 6.45) is -4.72. The Labute approximate surface area is 172 Å². The van der Waals surface area contributed by atoms with Crippen LogP contribution >= 0.6 is 23.4 Å². The molecule has 1 saturated heterocycles. The molecule has 2 aromatic rings. The van der Waals surface area contributed by atoms with Gasteiger partial charge in [0.2, 0.25) is 11.1 Å². The van der Waals surface area contributed by atoms with E-state index in [1.54, 1.807) is 11.0 Å². The van der Waals surface area contributed by atoms with Crippen LogP contribution in [0.4, 0.5) is 17.6 Å². The lowest BCUT2D eigenvalue weighted by atomic mass is 10.2. The average molecular weight is 453 g/mol. The van der Waals surface area contributed by atoms with Gasteiger partial charge in [0.05, 0.1) is 5.75 Å². The van der Waals surface area contributed by atoms with Crippen LogP contribution in [0.3, 0.4) is 0 Å². The van der Waals surface area contributed by atoms with Crippen molar-refractivity contribution >= 4 is 29.3 Å². The number of alkyl halides is 3. The SMILES string of the molecule is Nn1c(SCC(=O)N2CCN(Cc3c(F)cccc3Cl)CC2)nnc1C(F)(F)F. The molecule has 1 amide bonds. The summed E-state index contributed by atoms with van der Waals surface area (Å²) in [6, 6.07) is 4.51. The van der Waals surface area contributed by atoms with Crippen molar-refractivity contribution in [2.45, 2.75) is 17.9 Å². The number of thioether (sulfide) groups is 1. The molecule has 29 heavy (non-hydrogen) atoms. The molecule has 1 fully saturated rings. The fraction of sp³-hybridized carbons (Fsp3) is 0.438. The lowest BCUT2D eigenvalue weighted by Crippen LogP contribution is -2.48. The molecule has 0 spiro atoms. The van der Waals surface area contributed by atoms with Crippen molar-refractivity contribution in [3.8, 4) is 0 Å². The van der Waals surface area contributed by atoms with Gasteiger partial charge in [-0.15, -0.1) is 10.2 Å². The van der Waals surface area contributed by atoms with Crippen LogP contribution in [0.25, 0.3) is 0 Å². The summed E-state index contributed by atoms with van der Waals surface area (Å²) >= 11 is 6.83. The third kappa shape index (κ3) is 5.11. The Balaban J connectivity index is 1.50. The third-order valence-corrected chi connectivity index (χ3v) is 5.69. The highest BCUT2D eigenvalue weighted by Crippen LogP contribution is 2.29. The van der Waals surface area contributed by atoms with E-state index in [1.165, 1.54) is 12.1 Å². The Morgan fingerprint density at radius 3 is 2.48 bits per heavy atom. The van der Waals surface area contributed by atoms with E-state index >= 15 is 0 Å². The molecule has 2 heterocycles. The molecule has 0 radical (unpaired) electrons. The van der Waals surface area contributed by atoms with Gasteiger partial charge in [-0.2, -0.15) is 13.2 Å². The van der Waals surface area contributed by atoms with Crippen molar-refractivity contribution in [1.29, 1.82) is 0 Å². The van der Waals surface area contributed by atoms with E-state index in [2.05, 4.69) is 10.2 Å². The van der Waals surface area contributed by atoms with Gasteiger partial charge in [0.1, 0.15) is 5.82 Å². The van der Waals surface area contributed by atoms with E-state index in [9.17, 15) is 22.4 Å². The maximum Gasteiger partial charge on any atom is 0.453 e. The zero-order valence-corrected chi connectivity index (χ0v) is 16.6. The van der Waals surface area contributed by atoms with E-state index in [0.29, 0.717) is 48.0 Å². The van der Waals surface area contributed by atoms with Gasteiger partial charge >= 0.3 is 6.18 Å². The van der Waals surface area contributed by atoms with Gasteiger partial charge in [-0.1, -0.05) is 29.4 Å². The predicted molar refractivity (Wildman–Crippen MR) is 99.2 cm³/mol. The molecule has 158 valence electrons. The van der Waals surface area contributed by atoms with Crippen LogP contribution in [0.15, 0.2) is 23.4 Å². The number of aromatic nitrogens is 3. The molecule has 1 aromatic heterocycles. The third-order valence-electron chi connectivity index (χ3n) is 4.41. The molecule has 3 rings (SSSR count). The zero-order valence-electron chi connectivity index (χ0n) is 15.0.